The highest BCUT2D eigenvalue weighted by atomic mass is 16.5. The smallest absolute Gasteiger partial charge is 0.139 e. The second-order valence-corrected chi connectivity index (χ2v) is 5.08. The quantitative estimate of drug-likeness (QED) is 0.865. The van der Waals surface area contributed by atoms with Gasteiger partial charge in [0, 0.05) is 24.8 Å². The van der Waals surface area contributed by atoms with Gasteiger partial charge in [-0.3, -0.25) is 0 Å². The van der Waals surface area contributed by atoms with Crippen molar-refractivity contribution in [3.63, 3.8) is 0 Å². The van der Waals surface area contributed by atoms with Crippen molar-refractivity contribution < 1.29 is 9.84 Å². The van der Waals surface area contributed by atoms with E-state index in [0.717, 1.165) is 25.9 Å². The zero-order chi connectivity index (χ0) is 11.9. The molecule has 2 unspecified atom stereocenters. The maximum atomic E-state index is 9.10. The summed E-state index contributed by atoms with van der Waals surface area (Å²) in [7, 11) is 2.11. The SMILES string of the molecule is CN1c2ccccc2C2(CCCO)CCOC12. The van der Waals surface area contributed by atoms with Gasteiger partial charge in [0.2, 0.25) is 0 Å². The molecule has 0 saturated carbocycles. The first-order valence-corrected chi connectivity index (χ1v) is 6.34. The van der Waals surface area contributed by atoms with Gasteiger partial charge >= 0.3 is 0 Å². The normalized spacial score (nSPS) is 30.5. The number of nitrogens with zero attached hydrogens (tertiary/aromatic N) is 1. The van der Waals surface area contributed by atoms with Crippen LogP contribution in [0.15, 0.2) is 24.3 Å². The number of likely N-dealkylation sites (N-methyl/N-ethyl adjacent to an activating group) is 1. The standard InChI is InChI=1S/C14H19NO2/c1-15-12-6-3-2-5-11(12)14(7-4-9-16)8-10-17-13(14)15/h2-3,5-6,13,16H,4,7-10H2,1H3. The number of anilines is 1. The first kappa shape index (κ1) is 11.1. The Labute approximate surface area is 102 Å². The molecule has 3 nitrogen and oxygen atoms in total. The molecule has 0 aromatic heterocycles. The minimum Gasteiger partial charge on any atom is -0.396 e. The topological polar surface area (TPSA) is 32.7 Å². The molecule has 0 radical (unpaired) electrons. The maximum absolute atomic E-state index is 9.10. The average molecular weight is 233 g/mol. The van der Waals surface area contributed by atoms with Gasteiger partial charge in [-0.25, -0.2) is 0 Å². The van der Waals surface area contributed by atoms with Gasteiger partial charge in [-0.2, -0.15) is 0 Å². The van der Waals surface area contributed by atoms with Gasteiger partial charge in [0.25, 0.3) is 0 Å². The molecule has 3 heteroatoms. The highest BCUT2D eigenvalue weighted by Gasteiger charge is 2.53. The summed E-state index contributed by atoms with van der Waals surface area (Å²) in [5, 5.41) is 9.10. The lowest BCUT2D eigenvalue weighted by molar-refractivity contribution is 0.0827. The summed E-state index contributed by atoms with van der Waals surface area (Å²) in [6.07, 6.45) is 3.09. The minimum atomic E-state index is 0.105. The molecule has 1 fully saturated rings. The predicted molar refractivity (Wildman–Crippen MR) is 67.2 cm³/mol. The van der Waals surface area contributed by atoms with Crippen molar-refractivity contribution in [3.8, 4) is 0 Å². The van der Waals surface area contributed by atoms with Crippen molar-refractivity contribution in [3.05, 3.63) is 29.8 Å². The van der Waals surface area contributed by atoms with E-state index in [9.17, 15) is 0 Å². The van der Waals surface area contributed by atoms with Crippen LogP contribution >= 0.6 is 0 Å². The fourth-order valence-corrected chi connectivity index (χ4v) is 3.49. The van der Waals surface area contributed by atoms with Crippen molar-refractivity contribution in [1.82, 2.24) is 0 Å². The summed E-state index contributed by atoms with van der Waals surface area (Å²) in [5.74, 6) is 0. The van der Waals surface area contributed by atoms with Crippen LogP contribution in [0.5, 0.6) is 0 Å². The number of benzene rings is 1. The second-order valence-electron chi connectivity index (χ2n) is 5.08. The van der Waals surface area contributed by atoms with Crippen LogP contribution in [0.3, 0.4) is 0 Å². The average Bonchev–Trinajstić information content (AvgIpc) is 2.88. The number of hydrogen-bond donors (Lipinski definition) is 1. The number of para-hydroxylation sites is 1. The molecule has 1 aromatic rings. The van der Waals surface area contributed by atoms with Crippen LogP contribution in [0.25, 0.3) is 0 Å². The molecule has 2 heterocycles. The lowest BCUT2D eigenvalue weighted by Gasteiger charge is -2.30. The van der Waals surface area contributed by atoms with Gasteiger partial charge in [-0.1, -0.05) is 18.2 Å². The lowest BCUT2D eigenvalue weighted by atomic mass is 9.76. The van der Waals surface area contributed by atoms with E-state index >= 15 is 0 Å². The lowest BCUT2D eigenvalue weighted by Crippen LogP contribution is -2.40. The Balaban J connectivity index is 2.05. The van der Waals surface area contributed by atoms with Gasteiger partial charge in [0.1, 0.15) is 6.23 Å². The third-order valence-corrected chi connectivity index (χ3v) is 4.25. The molecule has 0 bridgehead atoms. The molecule has 2 atom stereocenters. The van der Waals surface area contributed by atoms with E-state index in [1.165, 1.54) is 11.3 Å². The number of aliphatic hydroxyl groups is 1. The molecular weight excluding hydrogens is 214 g/mol. The molecule has 2 aliphatic rings. The summed E-state index contributed by atoms with van der Waals surface area (Å²) in [6.45, 7) is 1.09. The van der Waals surface area contributed by atoms with Gasteiger partial charge in [0.15, 0.2) is 0 Å². The number of ether oxygens (including phenoxy) is 1. The zero-order valence-electron chi connectivity index (χ0n) is 10.2. The summed E-state index contributed by atoms with van der Waals surface area (Å²) in [5.41, 5.74) is 2.79. The van der Waals surface area contributed by atoms with Gasteiger partial charge in [-0.05, 0) is 30.9 Å². The Morgan fingerprint density at radius 1 is 1.47 bits per heavy atom. The molecule has 3 rings (SSSR count). The van der Waals surface area contributed by atoms with Gasteiger partial charge < -0.3 is 14.7 Å². The third-order valence-electron chi connectivity index (χ3n) is 4.25. The van der Waals surface area contributed by atoms with E-state index < -0.39 is 0 Å². The van der Waals surface area contributed by atoms with Crippen LogP contribution in [0, 0.1) is 0 Å². The van der Waals surface area contributed by atoms with Crippen LogP contribution < -0.4 is 4.90 Å². The van der Waals surface area contributed by atoms with Crippen molar-refractivity contribution in [1.29, 1.82) is 0 Å². The molecule has 1 aromatic carbocycles. The molecule has 0 aliphatic carbocycles. The predicted octanol–water partition coefficient (Wildman–Crippen LogP) is 1.89. The highest BCUT2D eigenvalue weighted by Crippen LogP contribution is 2.52. The monoisotopic (exact) mass is 233 g/mol. The number of aliphatic hydroxyl groups excluding tert-OH is 1. The Morgan fingerprint density at radius 2 is 2.29 bits per heavy atom. The Hall–Kier alpha value is -1.06. The third kappa shape index (κ3) is 1.42. The maximum Gasteiger partial charge on any atom is 0.139 e. The Bertz CT molecular complexity index is 420. The molecule has 1 N–H and O–H groups in total. The van der Waals surface area contributed by atoms with E-state index in [0.29, 0.717) is 0 Å². The second kappa shape index (κ2) is 4.00. The zero-order valence-corrected chi connectivity index (χ0v) is 10.2. The van der Waals surface area contributed by atoms with Crippen LogP contribution in [0.1, 0.15) is 24.8 Å². The molecule has 0 amide bonds. The molecular formula is C14H19NO2. The molecule has 0 spiro atoms. The number of hydrogen-bond acceptors (Lipinski definition) is 3. The minimum absolute atomic E-state index is 0.105. The van der Waals surface area contributed by atoms with Crippen LogP contribution in [-0.4, -0.2) is 31.6 Å². The highest BCUT2D eigenvalue weighted by molar-refractivity contribution is 5.63. The van der Waals surface area contributed by atoms with Crippen LogP contribution in [0.4, 0.5) is 5.69 Å². The fraction of sp³-hybridized carbons (Fsp3) is 0.571. The first-order valence-electron chi connectivity index (χ1n) is 6.34. The Kier molecular flexibility index (Phi) is 2.60. The van der Waals surface area contributed by atoms with Crippen molar-refractivity contribution >= 4 is 5.69 Å². The van der Waals surface area contributed by atoms with E-state index in [1.54, 1.807) is 0 Å². The van der Waals surface area contributed by atoms with Crippen LogP contribution in [0.2, 0.25) is 0 Å². The first-order chi connectivity index (χ1) is 8.29. The van der Waals surface area contributed by atoms with Crippen molar-refractivity contribution in [2.24, 2.45) is 0 Å². The Morgan fingerprint density at radius 3 is 3.12 bits per heavy atom. The molecule has 17 heavy (non-hydrogen) atoms. The van der Waals surface area contributed by atoms with Crippen molar-refractivity contribution in [2.45, 2.75) is 30.9 Å². The van der Waals surface area contributed by atoms with E-state index in [2.05, 4.69) is 36.2 Å². The van der Waals surface area contributed by atoms with Gasteiger partial charge in [0.05, 0.1) is 6.61 Å². The molecule has 1 saturated heterocycles. The van der Waals surface area contributed by atoms with E-state index in [4.69, 9.17) is 9.84 Å². The van der Waals surface area contributed by atoms with Crippen molar-refractivity contribution in [2.75, 3.05) is 25.2 Å². The summed E-state index contributed by atoms with van der Waals surface area (Å²) in [4.78, 5) is 2.25. The largest absolute Gasteiger partial charge is 0.396 e. The summed E-state index contributed by atoms with van der Waals surface area (Å²) >= 11 is 0. The number of fused-ring (bicyclic) bond motifs is 3. The summed E-state index contributed by atoms with van der Waals surface area (Å²) < 4.78 is 5.92. The molecule has 2 aliphatic heterocycles. The van der Waals surface area contributed by atoms with Crippen LogP contribution in [-0.2, 0) is 10.2 Å². The molecule has 92 valence electrons. The number of rotatable bonds is 3. The van der Waals surface area contributed by atoms with E-state index in [1.807, 2.05) is 0 Å². The van der Waals surface area contributed by atoms with E-state index in [-0.39, 0.29) is 18.2 Å². The summed E-state index contributed by atoms with van der Waals surface area (Å²) in [6, 6.07) is 8.57. The van der Waals surface area contributed by atoms with Gasteiger partial charge in [-0.15, -0.1) is 0 Å². The fourth-order valence-electron chi connectivity index (χ4n) is 3.49.